The van der Waals surface area contributed by atoms with Gasteiger partial charge in [-0.15, -0.1) is 0 Å². The Kier molecular flexibility index (Phi) is 4.39. The Labute approximate surface area is 157 Å². The number of hydrogen-bond donors (Lipinski definition) is 1. The standard InChI is InChI=1S/C21H23N5O/c1-4-17-20(16-8-6-5-7-9-16)21-23-18(12-19(27)26(21)24-17)14(2)13-25-15(3)10-11-22-25/h5-12,14,24H,4,13H2,1-3H3/t14-/m1/s1. The molecule has 3 aromatic heterocycles. The van der Waals surface area contributed by atoms with E-state index >= 15 is 0 Å². The van der Waals surface area contributed by atoms with Crippen molar-refractivity contribution in [2.24, 2.45) is 0 Å². The van der Waals surface area contributed by atoms with Crippen molar-refractivity contribution in [3.8, 4) is 11.1 Å². The number of fused-ring (bicyclic) bond motifs is 1. The normalized spacial score (nSPS) is 12.6. The molecule has 0 fully saturated rings. The van der Waals surface area contributed by atoms with Crippen LogP contribution in [0.2, 0.25) is 0 Å². The zero-order chi connectivity index (χ0) is 19.0. The lowest BCUT2D eigenvalue weighted by atomic mass is 10.0. The van der Waals surface area contributed by atoms with Crippen molar-refractivity contribution < 1.29 is 0 Å². The maximum absolute atomic E-state index is 12.8. The summed E-state index contributed by atoms with van der Waals surface area (Å²) in [5.41, 5.74) is 5.56. The van der Waals surface area contributed by atoms with Gasteiger partial charge in [0.1, 0.15) is 0 Å². The minimum absolute atomic E-state index is 0.0740. The molecule has 4 aromatic rings. The summed E-state index contributed by atoms with van der Waals surface area (Å²) in [5.74, 6) is 0.0740. The Morgan fingerprint density at radius 2 is 1.96 bits per heavy atom. The minimum Gasteiger partial charge on any atom is -0.293 e. The summed E-state index contributed by atoms with van der Waals surface area (Å²) < 4.78 is 3.50. The second-order valence-electron chi connectivity index (χ2n) is 6.92. The highest BCUT2D eigenvalue weighted by atomic mass is 16.1. The Morgan fingerprint density at radius 1 is 1.19 bits per heavy atom. The first-order valence-corrected chi connectivity index (χ1v) is 9.27. The van der Waals surface area contributed by atoms with E-state index in [4.69, 9.17) is 4.98 Å². The lowest BCUT2D eigenvalue weighted by Gasteiger charge is -2.13. The Hall–Kier alpha value is -3.15. The number of aromatic nitrogens is 5. The molecule has 3 heterocycles. The third-order valence-corrected chi connectivity index (χ3v) is 5.01. The third-order valence-electron chi connectivity index (χ3n) is 5.01. The summed E-state index contributed by atoms with van der Waals surface area (Å²) >= 11 is 0. The summed E-state index contributed by atoms with van der Waals surface area (Å²) in [7, 11) is 0. The molecule has 138 valence electrons. The number of nitrogens with one attached hydrogen (secondary N) is 1. The van der Waals surface area contributed by atoms with E-state index in [1.54, 1.807) is 16.8 Å². The quantitative estimate of drug-likeness (QED) is 0.591. The van der Waals surface area contributed by atoms with Gasteiger partial charge < -0.3 is 0 Å². The van der Waals surface area contributed by atoms with Crippen molar-refractivity contribution in [2.75, 3.05) is 0 Å². The molecular weight excluding hydrogens is 338 g/mol. The molecule has 4 rings (SSSR count). The predicted octanol–water partition coefficient (Wildman–Crippen LogP) is 3.56. The van der Waals surface area contributed by atoms with Gasteiger partial charge in [-0.3, -0.25) is 14.6 Å². The van der Waals surface area contributed by atoms with E-state index in [0.29, 0.717) is 12.2 Å². The van der Waals surface area contributed by atoms with Crippen LogP contribution in [-0.4, -0.2) is 24.4 Å². The van der Waals surface area contributed by atoms with Gasteiger partial charge in [-0.05, 0) is 25.0 Å². The molecule has 1 aromatic carbocycles. The van der Waals surface area contributed by atoms with Crippen molar-refractivity contribution in [1.29, 1.82) is 0 Å². The highest BCUT2D eigenvalue weighted by molar-refractivity contribution is 5.80. The number of hydrogen-bond acceptors (Lipinski definition) is 3. The van der Waals surface area contributed by atoms with Gasteiger partial charge in [0.2, 0.25) is 0 Å². The Morgan fingerprint density at radius 3 is 2.63 bits per heavy atom. The second-order valence-corrected chi connectivity index (χ2v) is 6.92. The molecule has 6 nitrogen and oxygen atoms in total. The van der Waals surface area contributed by atoms with Gasteiger partial charge in [-0.25, -0.2) is 9.50 Å². The van der Waals surface area contributed by atoms with Crippen LogP contribution in [0.4, 0.5) is 0 Å². The maximum atomic E-state index is 12.8. The summed E-state index contributed by atoms with van der Waals surface area (Å²) in [6.07, 6.45) is 2.59. The zero-order valence-electron chi connectivity index (χ0n) is 15.8. The molecular formula is C21H23N5O. The summed E-state index contributed by atoms with van der Waals surface area (Å²) in [6, 6.07) is 13.7. The topological polar surface area (TPSA) is 68.0 Å². The highest BCUT2D eigenvalue weighted by Gasteiger charge is 2.18. The van der Waals surface area contributed by atoms with E-state index in [9.17, 15) is 4.79 Å². The molecule has 0 spiro atoms. The van der Waals surface area contributed by atoms with Crippen LogP contribution in [0.15, 0.2) is 53.5 Å². The van der Waals surface area contributed by atoms with Crippen LogP contribution in [0.25, 0.3) is 16.8 Å². The minimum atomic E-state index is -0.0871. The van der Waals surface area contributed by atoms with Gasteiger partial charge in [0.15, 0.2) is 5.65 Å². The molecule has 0 bridgehead atoms. The highest BCUT2D eigenvalue weighted by Crippen LogP contribution is 2.28. The van der Waals surface area contributed by atoms with E-state index in [-0.39, 0.29) is 11.5 Å². The molecule has 27 heavy (non-hydrogen) atoms. The molecule has 0 amide bonds. The van der Waals surface area contributed by atoms with Crippen molar-refractivity contribution in [1.82, 2.24) is 24.4 Å². The van der Waals surface area contributed by atoms with Gasteiger partial charge >= 0.3 is 0 Å². The first-order chi connectivity index (χ1) is 13.1. The van der Waals surface area contributed by atoms with E-state index in [0.717, 1.165) is 34.6 Å². The van der Waals surface area contributed by atoms with Crippen molar-refractivity contribution >= 4 is 5.65 Å². The van der Waals surface area contributed by atoms with E-state index in [1.807, 2.05) is 35.9 Å². The number of rotatable bonds is 5. The molecule has 0 aliphatic rings. The third kappa shape index (κ3) is 3.07. The second kappa shape index (κ2) is 6.87. The van der Waals surface area contributed by atoms with Crippen LogP contribution >= 0.6 is 0 Å². The van der Waals surface area contributed by atoms with E-state index in [1.165, 1.54) is 0 Å². The van der Waals surface area contributed by atoms with Gasteiger partial charge in [-0.2, -0.15) is 5.10 Å². The number of H-pyrrole nitrogens is 1. The number of aromatic amines is 1. The zero-order valence-corrected chi connectivity index (χ0v) is 15.8. The molecule has 0 saturated heterocycles. The molecule has 0 aliphatic heterocycles. The largest absolute Gasteiger partial charge is 0.293 e. The fourth-order valence-corrected chi connectivity index (χ4v) is 3.46. The van der Waals surface area contributed by atoms with Crippen LogP contribution in [0.3, 0.4) is 0 Å². The van der Waals surface area contributed by atoms with Gasteiger partial charge in [0.05, 0.1) is 5.69 Å². The summed E-state index contributed by atoms with van der Waals surface area (Å²) in [4.78, 5) is 17.6. The fraction of sp³-hybridized carbons (Fsp3) is 0.286. The molecule has 0 radical (unpaired) electrons. The first-order valence-electron chi connectivity index (χ1n) is 9.27. The van der Waals surface area contributed by atoms with Crippen LogP contribution in [0.1, 0.15) is 36.8 Å². The van der Waals surface area contributed by atoms with Crippen molar-refractivity contribution in [3.05, 3.63) is 76.1 Å². The molecule has 1 atom stereocenters. The summed E-state index contributed by atoms with van der Waals surface area (Å²) in [6.45, 7) is 6.87. The van der Waals surface area contributed by atoms with Gasteiger partial charge in [0.25, 0.3) is 5.56 Å². The Bertz CT molecular complexity index is 1140. The average Bonchev–Trinajstić information content (AvgIpc) is 3.26. The van der Waals surface area contributed by atoms with E-state index in [2.05, 4.69) is 36.2 Å². The first kappa shape index (κ1) is 17.3. The lowest BCUT2D eigenvalue weighted by molar-refractivity contribution is 0.523. The average molecular weight is 361 g/mol. The number of aryl methyl sites for hydroxylation is 2. The fourth-order valence-electron chi connectivity index (χ4n) is 3.46. The van der Waals surface area contributed by atoms with Gasteiger partial charge in [-0.1, -0.05) is 44.2 Å². The summed E-state index contributed by atoms with van der Waals surface area (Å²) in [5, 5.41) is 7.57. The lowest BCUT2D eigenvalue weighted by Crippen LogP contribution is -2.18. The van der Waals surface area contributed by atoms with Crippen LogP contribution in [-0.2, 0) is 13.0 Å². The molecule has 0 unspecified atom stereocenters. The van der Waals surface area contributed by atoms with E-state index < -0.39 is 0 Å². The smallest absolute Gasteiger partial charge is 0.272 e. The predicted molar refractivity (Wildman–Crippen MR) is 106 cm³/mol. The van der Waals surface area contributed by atoms with Gasteiger partial charge in [0, 0.05) is 41.7 Å². The maximum Gasteiger partial charge on any atom is 0.272 e. The molecule has 0 saturated carbocycles. The Balaban J connectivity index is 1.85. The SMILES string of the molecule is CCc1[nH]n2c(=O)cc([C@H](C)Cn3nccc3C)nc2c1-c1ccccc1. The molecule has 1 N–H and O–H groups in total. The number of benzene rings is 1. The van der Waals surface area contributed by atoms with Crippen LogP contribution in [0.5, 0.6) is 0 Å². The van der Waals surface area contributed by atoms with Crippen molar-refractivity contribution in [3.63, 3.8) is 0 Å². The number of nitrogens with zero attached hydrogens (tertiary/aromatic N) is 4. The van der Waals surface area contributed by atoms with Crippen molar-refractivity contribution in [2.45, 2.75) is 39.7 Å². The molecule has 6 heteroatoms. The van der Waals surface area contributed by atoms with Crippen LogP contribution in [0, 0.1) is 6.92 Å². The van der Waals surface area contributed by atoms with Crippen LogP contribution < -0.4 is 5.56 Å². The molecule has 0 aliphatic carbocycles. The monoisotopic (exact) mass is 361 g/mol.